The van der Waals surface area contributed by atoms with E-state index in [9.17, 15) is 0 Å². The molecular weight excluding hydrogens is 292 g/mol. The van der Waals surface area contributed by atoms with Crippen molar-refractivity contribution in [2.75, 3.05) is 6.54 Å². The molecule has 24 heavy (non-hydrogen) atoms. The van der Waals surface area contributed by atoms with Crippen LogP contribution in [0, 0.1) is 5.92 Å². The Hall–Kier alpha value is -1.64. The molecule has 0 aromatic heterocycles. The highest BCUT2D eigenvalue weighted by Crippen LogP contribution is 2.27. The van der Waals surface area contributed by atoms with Crippen molar-refractivity contribution >= 4 is 0 Å². The normalized spacial score (nSPS) is 17.1. The summed E-state index contributed by atoms with van der Waals surface area (Å²) in [5.41, 5.74) is 9.05. The predicted molar refractivity (Wildman–Crippen MR) is 102 cm³/mol. The molecule has 3 N–H and O–H groups in total. The van der Waals surface area contributed by atoms with E-state index in [1.807, 2.05) is 0 Å². The van der Waals surface area contributed by atoms with Crippen LogP contribution in [-0.2, 0) is 0 Å². The summed E-state index contributed by atoms with van der Waals surface area (Å²) in [6.07, 6.45) is 8.09. The van der Waals surface area contributed by atoms with E-state index in [0.717, 1.165) is 18.9 Å². The molecule has 1 atom stereocenters. The van der Waals surface area contributed by atoms with Gasteiger partial charge in [-0.2, -0.15) is 0 Å². The number of rotatable bonds is 7. The van der Waals surface area contributed by atoms with Crippen molar-refractivity contribution in [1.82, 2.24) is 5.32 Å². The highest BCUT2D eigenvalue weighted by molar-refractivity contribution is 5.31. The minimum atomic E-state index is 0.213. The molecule has 0 radical (unpaired) electrons. The molecule has 0 unspecified atom stereocenters. The van der Waals surface area contributed by atoms with Gasteiger partial charge >= 0.3 is 0 Å². The van der Waals surface area contributed by atoms with Gasteiger partial charge in [-0.1, -0.05) is 92.8 Å². The molecular formula is C22H30N2. The zero-order chi connectivity index (χ0) is 16.6. The van der Waals surface area contributed by atoms with Gasteiger partial charge < -0.3 is 11.1 Å². The summed E-state index contributed by atoms with van der Waals surface area (Å²) in [4.78, 5) is 0. The average molecular weight is 322 g/mol. The van der Waals surface area contributed by atoms with Crippen molar-refractivity contribution in [1.29, 1.82) is 0 Å². The molecule has 1 aliphatic carbocycles. The molecule has 0 saturated heterocycles. The zero-order valence-electron chi connectivity index (χ0n) is 14.5. The molecule has 2 heteroatoms. The van der Waals surface area contributed by atoms with Gasteiger partial charge in [0.15, 0.2) is 0 Å². The Balaban J connectivity index is 1.62. The van der Waals surface area contributed by atoms with Gasteiger partial charge in [-0.3, -0.25) is 0 Å². The maximum absolute atomic E-state index is 6.45. The van der Waals surface area contributed by atoms with Gasteiger partial charge in [0, 0.05) is 12.6 Å². The smallest absolute Gasteiger partial charge is 0.0577 e. The molecule has 0 aliphatic heterocycles. The lowest BCUT2D eigenvalue weighted by Gasteiger charge is -2.26. The van der Waals surface area contributed by atoms with Gasteiger partial charge in [-0.05, 0) is 23.5 Å². The van der Waals surface area contributed by atoms with E-state index < -0.39 is 0 Å². The Morgan fingerprint density at radius 2 is 1.38 bits per heavy atom. The van der Waals surface area contributed by atoms with E-state index in [-0.39, 0.29) is 12.1 Å². The predicted octanol–water partition coefficient (Wildman–Crippen LogP) is 4.66. The molecule has 0 spiro atoms. The SMILES string of the molecule is N[C@@H](CNC(c1ccccc1)c1ccccc1)CC1CCCCC1. The third kappa shape index (κ3) is 4.93. The molecule has 2 nitrogen and oxygen atoms in total. The number of hydrogen-bond acceptors (Lipinski definition) is 2. The summed E-state index contributed by atoms with van der Waals surface area (Å²) in [5, 5.41) is 3.72. The van der Waals surface area contributed by atoms with E-state index in [0.29, 0.717) is 0 Å². The van der Waals surface area contributed by atoms with Crippen LogP contribution in [-0.4, -0.2) is 12.6 Å². The first-order valence-corrected chi connectivity index (χ1v) is 9.42. The second-order valence-corrected chi connectivity index (χ2v) is 7.16. The molecule has 1 fully saturated rings. The number of hydrogen-bond donors (Lipinski definition) is 2. The topological polar surface area (TPSA) is 38.0 Å². The van der Waals surface area contributed by atoms with Crippen LogP contribution in [0.5, 0.6) is 0 Å². The van der Waals surface area contributed by atoms with Crippen LogP contribution in [0.25, 0.3) is 0 Å². The lowest BCUT2D eigenvalue weighted by molar-refractivity contribution is 0.312. The third-order valence-corrected chi connectivity index (χ3v) is 5.21. The Morgan fingerprint density at radius 3 is 1.92 bits per heavy atom. The quantitative estimate of drug-likeness (QED) is 0.778. The zero-order valence-corrected chi connectivity index (χ0v) is 14.5. The standard InChI is InChI=1S/C22H30N2/c23-21(16-18-10-4-1-5-11-18)17-24-22(19-12-6-2-7-13-19)20-14-8-3-9-15-20/h2-3,6-9,12-15,18,21-22,24H,1,4-5,10-11,16-17,23H2/t21-/m1/s1. The molecule has 1 saturated carbocycles. The molecule has 3 rings (SSSR count). The summed E-state index contributed by atoms with van der Waals surface area (Å²) in [7, 11) is 0. The summed E-state index contributed by atoms with van der Waals surface area (Å²) < 4.78 is 0. The van der Waals surface area contributed by atoms with Crippen LogP contribution in [0.1, 0.15) is 55.7 Å². The summed E-state index contributed by atoms with van der Waals surface area (Å²) in [5.74, 6) is 0.836. The first-order valence-electron chi connectivity index (χ1n) is 9.42. The Bertz CT molecular complexity index is 536. The summed E-state index contributed by atoms with van der Waals surface area (Å²) >= 11 is 0. The molecule has 1 aliphatic rings. The fraction of sp³-hybridized carbons (Fsp3) is 0.455. The lowest BCUT2D eigenvalue weighted by atomic mass is 9.85. The van der Waals surface area contributed by atoms with Crippen LogP contribution >= 0.6 is 0 Å². The van der Waals surface area contributed by atoms with Gasteiger partial charge in [-0.25, -0.2) is 0 Å². The first kappa shape index (κ1) is 17.2. The second kappa shape index (κ2) is 9.00. The van der Waals surface area contributed by atoms with Crippen LogP contribution in [0.2, 0.25) is 0 Å². The third-order valence-electron chi connectivity index (χ3n) is 5.21. The molecule has 2 aromatic carbocycles. The Morgan fingerprint density at radius 1 is 0.833 bits per heavy atom. The maximum atomic E-state index is 6.45. The van der Waals surface area contributed by atoms with Gasteiger partial charge in [-0.15, -0.1) is 0 Å². The average Bonchev–Trinajstić information content (AvgIpc) is 2.64. The summed E-state index contributed by atoms with van der Waals surface area (Å²) in [6.45, 7) is 0.866. The van der Waals surface area contributed by atoms with Crippen LogP contribution in [0.4, 0.5) is 0 Å². The van der Waals surface area contributed by atoms with E-state index >= 15 is 0 Å². The van der Waals surface area contributed by atoms with Gasteiger partial charge in [0.2, 0.25) is 0 Å². The minimum Gasteiger partial charge on any atom is -0.327 e. The van der Waals surface area contributed by atoms with Crippen molar-refractivity contribution in [3.05, 3.63) is 71.8 Å². The number of nitrogens with two attached hydrogens (primary N) is 1. The molecule has 0 bridgehead atoms. The largest absolute Gasteiger partial charge is 0.327 e. The van der Waals surface area contributed by atoms with Gasteiger partial charge in [0.25, 0.3) is 0 Å². The lowest BCUT2D eigenvalue weighted by Crippen LogP contribution is -2.38. The fourth-order valence-corrected chi connectivity index (χ4v) is 3.92. The summed E-state index contributed by atoms with van der Waals surface area (Å²) in [6, 6.07) is 21.8. The van der Waals surface area contributed by atoms with Crippen molar-refractivity contribution in [2.24, 2.45) is 11.7 Å². The fourth-order valence-electron chi connectivity index (χ4n) is 3.92. The van der Waals surface area contributed by atoms with Gasteiger partial charge in [0.1, 0.15) is 0 Å². The monoisotopic (exact) mass is 322 g/mol. The number of benzene rings is 2. The van der Waals surface area contributed by atoms with E-state index in [1.165, 1.54) is 43.2 Å². The molecule has 0 heterocycles. The first-order chi connectivity index (χ1) is 11.8. The van der Waals surface area contributed by atoms with E-state index in [1.54, 1.807) is 0 Å². The van der Waals surface area contributed by atoms with Crippen molar-refractivity contribution < 1.29 is 0 Å². The van der Waals surface area contributed by atoms with Crippen LogP contribution in [0.3, 0.4) is 0 Å². The van der Waals surface area contributed by atoms with E-state index in [4.69, 9.17) is 5.73 Å². The van der Waals surface area contributed by atoms with Crippen molar-refractivity contribution in [2.45, 2.75) is 50.6 Å². The molecule has 128 valence electrons. The van der Waals surface area contributed by atoms with Crippen molar-refractivity contribution in [3.8, 4) is 0 Å². The highest BCUT2D eigenvalue weighted by atomic mass is 14.9. The Kier molecular flexibility index (Phi) is 6.45. The maximum Gasteiger partial charge on any atom is 0.0577 e. The minimum absolute atomic E-state index is 0.213. The Labute approximate surface area is 146 Å². The van der Waals surface area contributed by atoms with Crippen LogP contribution < -0.4 is 11.1 Å². The van der Waals surface area contributed by atoms with E-state index in [2.05, 4.69) is 66.0 Å². The highest BCUT2D eigenvalue weighted by Gasteiger charge is 2.19. The second-order valence-electron chi connectivity index (χ2n) is 7.16. The van der Waals surface area contributed by atoms with Gasteiger partial charge in [0.05, 0.1) is 6.04 Å². The molecule has 0 amide bonds. The number of nitrogens with one attached hydrogen (secondary N) is 1. The molecule has 2 aromatic rings. The van der Waals surface area contributed by atoms with Crippen molar-refractivity contribution in [3.63, 3.8) is 0 Å². The van der Waals surface area contributed by atoms with Crippen LogP contribution in [0.15, 0.2) is 60.7 Å².